The summed E-state index contributed by atoms with van der Waals surface area (Å²) in [4.78, 5) is 8.96. The van der Waals surface area contributed by atoms with Gasteiger partial charge in [0.2, 0.25) is 0 Å². The summed E-state index contributed by atoms with van der Waals surface area (Å²) in [6, 6.07) is 12.4. The summed E-state index contributed by atoms with van der Waals surface area (Å²) >= 11 is 3.48. The fourth-order valence-corrected chi connectivity index (χ4v) is 2.73. The number of halogens is 2. The van der Waals surface area contributed by atoms with Crippen LogP contribution in [0.3, 0.4) is 0 Å². The fraction of sp³-hybridized carbons (Fsp3) is 0.176. The Balaban J connectivity index is 1.99. The van der Waals surface area contributed by atoms with E-state index < -0.39 is 0 Å². The van der Waals surface area contributed by atoms with Gasteiger partial charge < -0.3 is 5.32 Å². The third kappa shape index (κ3) is 3.09. The second-order valence-corrected chi connectivity index (χ2v) is 6.11. The van der Waals surface area contributed by atoms with Crippen LogP contribution in [-0.4, -0.2) is 9.97 Å². The maximum Gasteiger partial charge on any atom is 0.138 e. The summed E-state index contributed by atoms with van der Waals surface area (Å²) in [5, 5.41) is 4.35. The van der Waals surface area contributed by atoms with E-state index in [1.807, 2.05) is 32.0 Å². The molecule has 0 aliphatic carbocycles. The summed E-state index contributed by atoms with van der Waals surface area (Å²) in [7, 11) is 0. The van der Waals surface area contributed by atoms with E-state index in [0.29, 0.717) is 5.82 Å². The lowest BCUT2D eigenvalue weighted by Gasteiger charge is -2.17. The van der Waals surface area contributed by atoms with Crippen LogP contribution >= 0.6 is 15.9 Å². The molecule has 3 nitrogen and oxygen atoms in total. The Morgan fingerprint density at radius 3 is 2.55 bits per heavy atom. The van der Waals surface area contributed by atoms with Gasteiger partial charge >= 0.3 is 0 Å². The first-order valence-corrected chi connectivity index (χ1v) is 7.78. The number of nitrogens with one attached hydrogen (secondary N) is 1. The lowest BCUT2D eigenvalue weighted by molar-refractivity contribution is 0.626. The molecule has 0 aliphatic heterocycles. The molecule has 0 spiro atoms. The highest BCUT2D eigenvalue weighted by molar-refractivity contribution is 9.10. The molecule has 3 aromatic rings. The number of hydrogen-bond donors (Lipinski definition) is 1. The Labute approximate surface area is 136 Å². The molecule has 3 rings (SSSR count). The van der Waals surface area contributed by atoms with Gasteiger partial charge in [-0.15, -0.1) is 0 Å². The van der Waals surface area contributed by atoms with Crippen molar-refractivity contribution in [3.05, 3.63) is 64.1 Å². The Morgan fingerprint density at radius 1 is 1.09 bits per heavy atom. The van der Waals surface area contributed by atoms with E-state index in [-0.39, 0.29) is 11.9 Å². The first-order chi connectivity index (χ1) is 10.5. The van der Waals surface area contributed by atoms with Crippen molar-refractivity contribution in [2.24, 2.45) is 0 Å². The van der Waals surface area contributed by atoms with E-state index >= 15 is 0 Å². The maximum absolute atomic E-state index is 13.0. The molecule has 22 heavy (non-hydrogen) atoms. The molecule has 1 atom stereocenters. The van der Waals surface area contributed by atoms with Gasteiger partial charge in [0.1, 0.15) is 17.5 Å². The Kier molecular flexibility index (Phi) is 4.07. The molecule has 0 unspecified atom stereocenters. The molecule has 5 heteroatoms. The normalized spacial score (nSPS) is 12.4. The largest absolute Gasteiger partial charge is 0.363 e. The highest BCUT2D eigenvalue weighted by Gasteiger charge is 2.11. The zero-order valence-electron chi connectivity index (χ0n) is 12.3. The minimum absolute atomic E-state index is 0.0112. The van der Waals surface area contributed by atoms with Crippen LogP contribution in [0.4, 0.5) is 10.2 Å². The van der Waals surface area contributed by atoms with Crippen LogP contribution in [0.5, 0.6) is 0 Å². The van der Waals surface area contributed by atoms with E-state index in [0.717, 1.165) is 26.8 Å². The first kappa shape index (κ1) is 14.9. The second kappa shape index (κ2) is 6.01. The van der Waals surface area contributed by atoms with Crippen molar-refractivity contribution in [1.82, 2.24) is 9.97 Å². The number of anilines is 1. The number of hydrogen-bond acceptors (Lipinski definition) is 3. The minimum Gasteiger partial charge on any atom is -0.363 e. The number of rotatable bonds is 3. The number of aryl methyl sites for hydroxylation is 1. The maximum atomic E-state index is 13.0. The molecule has 0 aliphatic rings. The zero-order chi connectivity index (χ0) is 15.7. The zero-order valence-corrected chi connectivity index (χ0v) is 13.9. The highest BCUT2D eigenvalue weighted by atomic mass is 79.9. The summed E-state index contributed by atoms with van der Waals surface area (Å²) < 4.78 is 14.0. The van der Waals surface area contributed by atoms with Crippen molar-refractivity contribution in [1.29, 1.82) is 0 Å². The summed E-state index contributed by atoms with van der Waals surface area (Å²) in [5.74, 6) is 1.26. The molecular formula is C17H15BrFN3. The topological polar surface area (TPSA) is 37.8 Å². The third-order valence-electron chi connectivity index (χ3n) is 3.49. The van der Waals surface area contributed by atoms with Crippen molar-refractivity contribution < 1.29 is 4.39 Å². The quantitative estimate of drug-likeness (QED) is 0.713. The van der Waals surface area contributed by atoms with E-state index in [4.69, 9.17) is 0 Å². The molecule has 0 saturated heterocycles. The van der Waals surface area contributed by atoms with Crippen LogP contribution < -0.4 is 5.32 Å². The average Bonchev–Trinajstić information content (AvgIpc) is 2.48. The molecule has 0 amide bonds. The van der Waals surface area contributed by atoms with Gasteiger partial charge in [-0.25, -0.2) is 14.4 Å². The van der Waals surface area contributed by atoms with E-state index in [1.165, 1.54) is 12.1 Å². The first-order valence-electron chi connectivity index (χ1n) is 6.99. The van der Waals surface area contributed by atoms with Gasteiger partial charge in [-0.2, -0.15) is 0 Å². The van der Waals surface area contributed by atoms with Crippen molar-refractivity contribution >= 4 is 32.7 Å². The number of fused-ring (bicyclic) bond motifs is 1. The van der Waals surface area contributed by atoms with Crippen LogP contribution in [-0.2, 0) is 0 Å². The molecule has 112 valence electrons. The lowest BCUT2D eigenvalue weighted by Crippen LogP contribution is -2.09. The van der Waals surface area contributed by atoms with Crippen LogP contribution in [0, 0.1) is 12.7 Å². The predicted molar refractivity (Wildman–Crippen MR) is 90.4 cm³/mol. The van der Waals surface area contributed by atoms with Crippen LogP contribution in [0.15, 0.2) is 46.9 Å². The highest BCUT2D eigenvalue weighted by Crippen LogP contribution is 2.27. The van der Waals surface area contributed by atoms with Crippen LogP contribution in [0.25, 0.3) is 10.9 Å². The van der Waals surface area contributed by atoms with Gasteiger partial charge in [-0.05, 0) is 49.7 Å². The molecule has 1 N–H and O–H groups in total. The second-order valence-electron chi connectivity index (χ2n) is 5.20. The summed E-state index contributed by atoms with van der Waals surface area (Å²) in [6.45, 7) is 3.89. The lowest BCUT2D eigenvalue weighted by atomic mass is 10.1. The summed E-state index contributed by atoms with van der Waals surface area (Å²) in [5.41, 5.74) is 1.89. The van der Waals surface area contributed by atoms with E-state index in [2.05, 4.69) is 31.2 Å². The van der Waals surface area contributed by atoms with Crippen LogP contribution in [0.2, 0.25) is 0 Å². The molecular weight excluding hydrogens is 345 g/mol. The molecule has 2 aromatic carbocycles. The van der Waals surface area contributed by atoms with E-state index in [9.17, 15) is 4.39 Å². The monoisotopic (exact) mass is 359 g/mol. The SMILES string of the molecule is Cc1nc(N[C@H](C)c2ccc(F)cc2)c2cc(Br)ccc2n1. The van der Waals surface area contributed by atoms with Crippen molar-refractivity contribution in [3.8, 4) is 0 Å². The van der Waals surface area contributed by atoms with Gasteiger partial charge in [-0.3, -0.25) is 0 Å². The molecule has 1 aromatic heterocycles. The standard InChI is InChI=1S/C17H15BrFN3/c1-10(12-3-6-14(19)7-4-12)20-17-15-9-13(18)5-8-16(15)21-11(2)22-17/h3-10H,1-2H3,(H,20,21,22)/t10-/m1/s1. The molecule has 0 radical (unpaired) electrons. The van der Waals surface area contributed by atoms with Gasteiger partial charge in [0.25, 0.3) is 0 Å². The Morgan fingerprint density at radius 2 is 1.82 bits per heavy atom. The molecule has 0 fully saturated rings. The third-order valence-corrected chi connectivity index (χ3v) is 3.99. The van der Waals surface area contributed by atoms with Crippen molar-refractivity contribution in [3.63, 3.8) is 0 Å². The smallest absolute Gasteiger partial charge is 0.138 e. The Bertz CT molecular complexity index is 818. The number of nitrogens with zero attached hydrogens (tertiary/aromatic N) is 2. The Hall–Kier alpha value is -2.01. The molecule has 0 saturated carbocycles. The summed E-state index contributed by atoms with van der Waals surface area (Å²) in [6.07, 6.45) is 0. The predicted octanol–water partition coefficient (Wildman–Crippen LogP) is 5.01. The van der Waals surface area contributed by atoms with Gasteiger partial charge in [0.15, 0.2) is 0 Å². The minimum atomic E-state index is -0.233. The molecule has 1 heterocycles. The fourth-order valence-electron chi connectivity index (χ4n) is 2.37. The van der Waals surface area contributed by atoms with Gasteiger partial charge in [0.05, 0.1) is 5.52 Å². The van der Waals surface area contributed by atoms with Gasteiger partial charge in [-0.1, -0.05) is 28.1 Å². The number of aromatic nitrogens is 2. The van der Waals surface area contributed by atoms with Crippen LogP contribution in [0.1, 0.15) is 24.4 Å². The molecule has 0 bridgehead atoms. The van der Waals surface area contributed by atoms with Crippen molar-refractivity contribution in [2.75, 3.05) is 5.32 Å². The van der Waals surface area contributed by atoms with Gasteiger partial charge in [0, 0.05) is 15.9 Å². The van der Waals surface area contributed by atoms with Crippen molar-refractivity contribution in [2.45, 2.75) is 19.9 Å². The number of benzene rings is 2. The average molecular weight is 360 g/mol. The van der Waals surface area contributed by atoms with E-state index in [1.54, 1.807) is 12.1 Å².